The molecule has 0 saturated heterocycles. The molecule has 0 aliphatic carbocycles. The number of hydrogen-bond acceptors (Lipinski definition) is 0. The van der Waals surface area contributed by atoms with Gasteiger partial charge in [-0.1, -0.05) is 0 Å². The van der Waals surface area contributed by atoms with Crippen LogP contribution in [-0.4, -0.2) is 36.7 Å². The molecule has 68 valence electrons. The second-order valence-corrected chi connectivity index (χ2v) is 4.29. The summed E-state index contributed by atoms with van der Waals surface area (Å²) in [5, 5.41) is 0. The first-order valence-electron chi connectivity index (χ1n) is 4.49. The molecule has 0 aliphatic heterocycles. The highest BCUT2D eigenvalue weighted by molar-refractivity contribution is 4.89. The normalized spacial score (nSPS) is 11.9. The van der Waals surface area contributed by atoms with Crippen molar-refractivity contribution in [3.8, 4) is 0 Å². The van der Waals surface area contributed by atoms with Gasteiger partial charge in [-0.05, 0) is 12.1 Å². The van der Waals surface area contributed by atoms with Crippen LogP contribution < -0.4 is 0 Å². The van der Waals surface area contributed by atoms with Crippen LogP contribution in [0.5, 0.6) is 0 Å². The smallest absolute Gasteiger partial charge is 0.0797 e. The zero-order valence-corrected chi connectivity index (χ0v) is 8.33. The molecule has 0 fully saturated rings. The van der Waals surface area contributed by atoms with E-state index in [1.165, 1.54) is 13.0 Å². The van der Waals surface area contributed by atoms with E-state index in [1.807, 2.05) is 0 Å². The maximum atomic E-state index is 2.23. The lowest BCUT2D eigenvalue weighted by Gasteiger charge is -2.23. The molecule has 0 amide bonds. The third kappa shape index (κ3) is 3.58. The van der Waals surface area contributed by atoms with E-state index in [0.717, 1.165) is 11.0 Å². The summed E-state index contributed by atoms with van der Waals surface area (Å²) in [7, 11) is 6.70. The molecule has 12 heavy (non-hydrogen) atoms. The Hall–Kier alpha value is -0.760. The Morgan fingerprint density at radius 1 is 1.08 bits per heavy atom. The molecule has 0 aliphatic rings. The van der Waals surface area contributed by atoms with Crippen LogP contribution in [0.3, 0.4) is 0 Å². The number of hydrogen-bond donors (Lipinski definition) is 0. The molecule has 1 heterocycles. The second-order valence-electron chi connectivity index (χ2n) is 4.29. The molecule has 2 heteroatoms. The van der Waals surface area contributed by atoms with E-state index in [1.54, 1.807) is 0 Å². The maximum absolute atomic E-state index is 2.23. The number of aromatic nitrogens is 1. The van der Waals surface area contributed by atoms with Crippen LogP contribution in [0.1, 0.15) is 6.42 Å². The maximum Gasteiger partial charge on any atom is 0.0797 e. The predicted molar refractivity (Wildman–Crippen MR) is 51.9 cm³/mol. The first-order chi connectivity index (χ1) is 5.58. The number of aryl methyl sites for hydroxylation is 1. The van der Waals surface area contributed by atoms with Crippen molar-refractivity contribution in [2.75, 3.05) is 27.7 Å². The van der Waals surface area contributed by atoms with Gasteiger partial charge in [-0.25, -0.2) is 0 Å². The van der Waals surface area contributed by atoms with E-state index < -0.39 is 0 Å². The molecule has 0 bridgehead atoms. The van der Waals surface area contributed by atoms with Crippen LogP contribution in [0.2, 0.25) is 0 Å². The molecule has 0 saturated carbocycles. The third-order valence-electron chi connectivity index (χ3n) is 1.91. The summed E-state index contributed by atoms with van der Waals surface area (Å²) in [6, 6.07) is 4.15. The van der Waals surface area contributed by atoms with Crippen LogP contribution in [0, 0.1) is 0 Å². The SMILES string of the molecule is C[N+](C)(C)CCCn1cccc1. The van der Waals surface area contributed by atoms with E-state index in [0.29, 0.717) is 0 Å². The minimum Gasteiger partial charge on any atom is -0.354 e. The molecular weight excluding hydrogens is 148 g/mol. The molecule has 2 nitrogen and oxygen atoms in total. The monoisotopic (exact) mass is 167 g/mol. The lowest BCUT2D eigenvalue weighted by atomic mass is 10.3. The Kier molecular flexibility index (Phi) is 2.93. The van der Waals surface area contributed by atoms with Gasteiger partial charge in [-0.3, -0.25) is 0 Å². The Balaban J connectivity index is 2.20. The van der Waals surface area contributed by atoms with Crippen molar-refractivity contribution in [2.24, 2.45) is 0 Å². The lowest BCUT2D eigenvalue weighted by Crippen LogP contribution is -2.35. The third-order valence-corrected chi connectivity index (χ3v) is 1.91. The van der Waals surface area contributed by atoms with Gasteiger partial charge in [-0.2, -0.15) is 0 Å². The fourth-order valence-corrected chi connectivity index (χ4v) is 1.25. The van der Waals surface area contributed by atoms with Crippen LogP contribution in [-0.2, 0) is 6.54 Å². The molecule has 1 aromatic rings. The molecule has 0 aromatic carbocycles. The molecule has 1 aromatic heterocycles. The first kappa shape index (κ1) is 9.33. The number of nitrogens with zero attached hydrogens (tertiary/aromatic N) is 2. The summed E-state index contributed by atoms with van der Waals surface area (Å²) in [6.45, 7) is 2.38. The minimum absolute atomic E-state index is 1.06. The Labute approximate surface area is 75.0 Å². The minimum atomic E-state index is 1.06. The van der Waals surface area contributed by atoms with Crippen LogP contribution in [0.25, 0.3) is 0 Å². The average molecular weight is 167 g/mol. The van der Waals surface area contributed by atoms with Crippen molar-refractivity contribution in [1.82, 2.24) is 4.57 Å². The highest BCUT2D eigenvalue weighted by Gasteiger charge is 2.04. The van der Waals surface area contributed by atoms with E-state index in [9.17, 15) is 0 Å². The summed E-state index contributed by atoms with van der Waals surface area (Å²) in [5.74, 6) is 0. The van der Waals surface area contributed by atoms with Gasteiger partial charge in [0.05, 0.1) is 27.7 Å². The predicted octanol–water partition coefficient (Wildman–Crippen LogP) is 1.58. The molecule has 0 atom stereocenters. The van der Waals surface area contributed by atoms with Crippen molar-refractivity contribution >= 4 is 0 Å². The quantitative estimate of drug-likeness (QED) is 0.600. The number of rotatable bonds is 4. The molecule has 0 unspecified atom stereocenters. The van der Waals surface area contributed by atoms with Crippen molar-refractivity contribution < 1.29 is 4.48 Å². The topological polar surface area (TPSA) is 4.93 Å². The summed E-state index contributed by atoms with van der Waals surface area (Å²) in [4.78, 5) is 0. The fraction of sp³-hybridized carbons (Fsp3) is 0.600. The van der Waals surface area contributed by atoms with E-state index in [4.69, 9.17) is 0 Å². The van der Waals surface area contributed by atoms with Crippen LogP contribution >= 0.6 is 0 Å². The lowest BCUT2D eigenvalue weighted by molar-refractivity contribution is -0.870. The highest BCUT2D eigenvalue weighted by atomic mass is 15.3. The molecule has 0 radical (unpaired) electrons. The van der Waals surface area contributed by atoms with E-state index >= 15 is 0 Å². The zero-order chi connectivity index (χ0) is 9.03. The van der Waals surface area contributed by atoms with Gasteiger partial charge in [-0.15, -0.1) is 0 Å². The zero-order valence-electron chi connectivity index (χ0n) is 8.33. The van der Waals surface area contributed by atoms with Gasteiger partial charge in [0.2, 0.25) is 0 Å². The number of quaternary nitrogens is 1. The van der Waals surface area contributed by atoms with Crippen molar-refractivity contribution in [2.45, 2.75) is 13.0 Å². The van der Waals surface area contributed by atoms with Gasteiger partial charge < -0.3 is 9.05 Å². The summed E-state index contributed by atoms with van der Waals surface area (Å²) < 4.78 is 3.29. The molecule has 1 rings (SSSR count). The van der Waals surface area contributed by atoms with Crippen molar-refractivity contribution in [3.05, 3.63) is 24.5 Å². The average Bonchev–Trinajstić information content (AvgIpc) is 2.36. The fourth-order valence-electron chi connectivity index (χ4n) is 1.25. The highest BCUT2D eigenvalue weighted by Crippen LogP contribution is 1.97. The Morgan fingerprint density at radius 2 is 1.67 bits per heavy atom. The van der Waals surface area contributed by atoms with Gasteiger partial charge >= 0.3 is 0 Å². The Morgan fingerprint density at radius 3 is 2.17 bits per heavy atom. The van der Waals surface area contributed by atoms with Gasteiger partial charge in [0, 0.05) is 25.4 Å². The summed E-state index contributed by atoms with van der Waals surface area (Å²) in [6.07, 6.45) is 5.49. The molecule has 0 N–H and O–H groups in total. The van der Waals surface area contributed by atoms with Gasteiger partial charge in [0.25, 0.3) is 0 Å². The van der Waals surface area contributed by atoms with Gasteiger partial charge in [0.15, 0.2) is 0 Å². The summed E-state index contributed by atoms with van der Waals surface area (Å²) >= 11 is 0. The molecular formula is C10H19N2+. The second kappa shape index (κ2) is 3.76. The Bertz CT molecular complexity index is 206. The molecule has 0 spiro atoms. The van der Waals surface area contributed by atoms with Crippen molar-refractivity contribution in [3.63, 3.8) is 0 Å². The summed E-state index contributed by atoms with van der Waals surface area (Å²) in [5.41, 5.74) is 0. The first-order valence-corrected chi connectivity index (χ1v) is 4.49. The van der Waals surface area contributed by atoms with Gasteiger partial charge in [0.1, 0.15) is 0 Å². The van der Waals surface area contributed by atoms with E-state index in [2.05, 4.69) is 50.2 Å². The standard InChI is InChI=1S/C10H19N2/c1-12(2,3)10-6-9-11-7-4-5-8-11/h4-5,7-8H,6,9-10H2,1-3H3/q+1. The van der Waals surface area contributed by atoms with Crippen molar-refractivity contribution in [1.29, 1.82) is 0 Å². The van der Waals surface area contributed by atoms with Crippen LogP contribution in [0.4, 0.5) is 0 Å². The largest absolute Gasteiger partial charge is 0.354 e. The van der Waals surface area contributed by atoms with Crippen LogP contribution in [0.15, 0.2) is 24.5 Å². The van der Waals surface area contributed by atoms with E-state index in [-0.39, 0.29) is 0 Å².